The van der Waals surface area contributed by atoms with Gasteiger partial charge in [0.05, 0.1) is 25.4 Å². The van der Waals surface area contributed by atoms with Crippen molar-refractivity contribution in [1.82, 2.24) is 5.32 Å². The second kappa shape index (κ2) is 56.9. The van der Waals surface area contributed by atoms with Crippen LogP contribution in [0.2, 0.25) is 0 Å². The van der Waals surface area contributed by atoms with Crippen LogP contribution >= 0.6 is 0 Å². The summed E-state index contributed by atoms with van der Waals surface area (Å²) in [6.07, 6.45) is 69.0. The zero-order chi connectivity index (χ0) is 48.6. The molecular formula is C61H117NO5. The number of carbonyl (C=O) groups excluding carboxylic acids is 2. The van der Waals surface area contributed by atoms with Crippen molar-refractivity contribution in [1.29, 1.82) is 0 Å². The number of hydrogen-bond acceptors (Lipinski definition) is 5. The molecule has 1 amide bonds. The predicted octanol–water partition coefficient (Wildman–Crippen LogP) is 18.6. The molecule has 2 atom stereocenters. The van der Waals surface area contributed by atoms with Crippen molar-refractivity contribution in [2.45, 2.75) is 341 Å². The number of carbonyl (C=O) groups is 2. The fourth-order valence-corrected chi connectivity index (χ4v) is 9.40. The van der Waals surface area contributed by atoms with E-state index in [-0.39, 0.29) is 18.5 Å². The van der Waals surface area contributed by atoms with Gasteiger partial charge in [0.25, 0.3) is 0 Å². The summed E-state index contributed by atoms with van der Waals surface area (Å²) < 4.78 is 5.47. The lowest BCUT2D eigenvalue weighted by molar-refractivity contribution is -0.143. The number of unbranched alkanes of at least 4 members (excludes halogenated alkanes) is 42. The van der Waals surface area contributed by atoms with Gasteiger partial charge in [-0.15, -0.1) is 0 Å². The highest BCUT2D eigenvalue weighted by atomic mass is 16.5. The summed E-state index contributed by atoms with van der Waals surface area (Å²) in [5, 5.41) is 23.2. The molecular weight excluding hydrogens is 827 g/mol. The summed E-state index contributed by atoms with van der Waals surface area (Å²) in [4.78, 5) is 24.5. The van der Waals surface area contributed by atoms with Gasteiger partial charge >= 0.3 is 5.97 Å². The zero-order valence-corrected chi connectivity index (χ0v) is 45.1. The minimum atomic E-state index is -0.670. The molecule has 0 aromatic heterocycles. The van der Waals surface area contributed by atoms with Crippen molar-refractivity contribution in [2.75, 3.05) is 13.2 Å². The van der Waals surface area contributed by atoms with Crippen LogP contribution in [-0.2, 0) is 14.3 Å². The van der Waals surface area contributed by atoms with E-state index < -0.39 is 12.1 Å². The highest BCUT2D eigenvalue weighted by Crippen LogP contribution is 2.17. The lowest BCUT2D eigenvalue weighted by Crippen LogP contribution is -2.45. The molecule has 3 N–H and O–H groups in total. The number of nitrogens with one attached hydrogen (secondary N) is 1. The van der Waals surface area contributed by atoms with Crippen molar-refractivity contribution in [3.63, 3.8) is 0 Å². The minimum absolute atomic E-state index is 0.00833. The van der Waals surface area contributed by atoms with Crippen molar-refractivity contribution in [2.24, 2.45) is 0 Å². The Kier molecular flexibility index (Phi) is 55.5. The maximum atomic E-state index is 12.4. The van der Waals surface area contributed by atoms with E-state index in [4.69, 9.17) is 4.74 Å². The second-order valence-corrected chi connectivity index (χ2v) is 20.7. The third-order valence-electron chi connectivity index (χ3n) is 14.0. The summed E-state index contributed by atoms with van der Waals surface area (Å²) in [5.41, 5.74) is 0. The fourth-order valence-electron chi connectivity index (χ4n) is 9.40. The fraction of sp³-hybridized carbons (Fsp3) is 0.902. The van der Waals surface area contributed by atoms with Gasteiger partial charge in [0, 0.05) is 12.8 Å². The third-order valence-corrected chi connectivity index (χ3v) is 14.0. The average Bonchev–Trinajstić information content (AvgIpc) is 3.33. The summed E-state index contributed by atoms with van der Waals surface area (Å²) in [5.74, 6) is -0.0529. The van der Waals surface area contributed by atoms with Gasteiger partial charge in [-0.1, -0.05) is 282 Å². The maximum Gasteiger partial charge on any atom is 0.305 e. The van der Waals surface area contributed by atoms with Gasteiger partial charge < -0.3 is 20.3 Å². The van der Waals surface area contributed by atoms with Gasteiger partial charge in [0.1, 0.15) is 0 Å². The maximum absolute atomic E-state index is 12.4. The van der Waals surface area contributed by atoms with Gasteiger partial charge in [-0.2, -0.15) is 0 Å². The Morgan fingerprint density at radius 3 is 1.10 bits per heavy atom. The third kappa shape index (κ3) is 53.5. The first-order valence-corrected chi connectivity index (χ1v) is 30.1. The summed E-state index contributed by atoms with van der Waals surface area (Å²) in [6.45, 7) is 4.93. The highest BCUT2D eigenvalue weighted by Gasteiger charge is 2.20. The Labute approximate surface area is 418 Å². The Morgan fingerprint density at radius 1 is 0.418 bits per heavy atom. The van der Waals surface area contributed by atoms with Crippen molar-refractivity contribution in [3.8, 4) is 0 Å². The highest BCUT2D eigenvalue weighted by molar-refractivity contribution is 5.76. The molecule has 0 saturated heterocycles. The molecule has 0 fully saturated rings. The molecule has 0 spiro atoms. The van der Waals surface area contributed by atoms with Gasteiger partial charge in [-0.05, 0) is 57.8 Å². The van der Waals surface area contributed by atoms with E-state index in [0.717, 1.165) is 70.6 Å². The number of esters is 1. The van der Waals surface area contributed by atoms with Crippen LogP contribution in [0.15, 0.2) is 24.3 Å². The number of aliphatic hydroxyl groups is 2. The first kappa shape index (κ1) is 65.3. The molecule has 0 radical (unpaired) electrons. The zero-order valence-electron chi connectivity index (χ0n) is 45.1. The topological polar surface area (TPSA) is 95.9 Å². The molecule has 0 aliphatic carbocycles. The molecule has 0 rings (SSSR count). The second-order valence-electron chi connectivity index (χ2n) is 20.7. The van der Waals surface area contributed by atoms with Crippen LogP contribution < -0.4 is 5.32 Å². The smallest absolute Gasteiger partial charge is 0.305 e. The molecule has 0 aliphatic rings. The van der Waals surface area contributed by atoms with Crippen molar-refractivity contribution >= 4 is 11.9 Å². The number of allylic oxidation sites excluding steroid dienone is 4. The van der Waals surface area contributed by atoms with Gasteiger partial charge in [-0.3, -0.25) is 9.59 Å². The molecule has 0 saturated carbocycles. The van der Waals surface area contributed by atoms with E-state index in [0.29, 0.717) is 25.9 Å². The number of hydrogen-bond donors (Lipinski definition) is 3. The monoisotopic (exact) mass is 944 g/mol. The minimum Gasteiger partial charge on any atom is -0.466 e. The first-order valence-electron chi connectivity index (χ1n) is 30.1. The van der Waals surface area contributed by atoms with Crippen molar-refractivity contribution < 1.29 is 24.5 Å². The van der Waals surface area contributed by atoms with E-state index in [1.807, 2.05) is 0 Å². The molecule has 0 aromatic carbocycles. The molecule has 0 aromatic rings. The van der Waals surface area contributed by atoms with Crippen LogP contribution in [0.5, 0.6) is 0 Å². The number of aliphatic hydroxyl groups excluding tert-OH is 2. The summed E-state index contributed by atoms with van der Waals surface area (Å²) >= 11 is 0. The van der Waals surface area contributed by atoms with Crippen LogP contribution in [0.25, 0.3) is 0 Å². The quantitative estimate of drug-likeness (QED) is 0.0321. The molecule has 396 valence electrons. The molecule has 0 bridgehead atoms. The number of ether oxygens (including phenoxy) is 1. The van der Waals surface area contributed by atoms with E-state index in [1.165, 1.54) is 225 Å². The lowest BCUT2D eigenvalue weighted by atomic mass is 10.0. The Bertz CT molecular complexity index is 1040. The SMILES string of the molecule is CCCCCCCCCCCCCCCCCCCCCC(=O)OCCCCC/C=C\C=C/CCCCCCCCCCCCC(=O)NC(CO)C(O)CCCCCCCCCCCCCC. The van der Waals surface area contributed by atoms with E-state index in [2.05, 4.69) is 43.5 Å². The lowest BCUT2D eigenvalue weighted by Gasteiger charge is -2.22. The Balaban J connectivity index is 3.43. The van der Waals surface area contributed by atoms with E-state index in [9.17, 15) is 19.8 Å². The van der Waals surface area contributed by atoms with Crippen LogP contribution in [-0.4, -0.2) is 47.4 Å². The van der Waals surface area contributed by atoms with Gasteiger partial charge in [0.15, 0.2) is 0 Å². The molecule has 67 heavy (non-hydrogen) atoms. The number of amides is 1. The van der Waals surface area contributed by atoms with Crippen LogP contribution in [0.3, 0.4) is 0 Å². The first-order chi connectivity index (χ1) is 33.0. The van der Waals surface area contributed by atoms with Crippen molar-refractivity contribution in [3.05, 3.63) is 24.3 Å². The molecule has 6 nitrogen and oxygen atoms in total. The largest absolute Gasteiger partial charge is 0.466 e. The summed E-state index contributed by atoms with van der Waals surface area (Å²) in [7, 11) is 0. The predicted molar refractivity (Wildman–Crippen MR) is 292 cm³/mol. The Morgan fingerprint density at radius 2 is 0.731 bits per heavy atom. The standard InChI is InChI=1S/C61H117NO5/c1-3-5-7-9-11-13-15-17-18-19-21-25-28-31-35-39-43-47-51-55-61(66)67-56-52-48-44-40-36-32-29-26-23-20-22-24-27-30-34-38-42-46-50-54-60(65)62-58(57-63)59(64)53-49-45-41-37-33-16-14-12-10-8-6-4-2/h26,29,32,36,58-59,63-64H,3-25,27-28,30-31,33-35,37-57H2,1-2H3,(H,62,65)/b29-26-,36-32-. The average molecular weight is 945 g/mol. The van der Waals surface area contributed by atoms with Crippen LogP contribution in [0.4, 0.5) is 0 Å². The van der Waals surface area contributed by atoms with E-state index in [1.54, 1.807) is 0 Å². The Hall–Kier alpha value is -1.66. The van der Waals surface area contributed by atoms with Crippen LogP contribution in [0, 0.1) is 0 Å². The molecule has 0 aliphatic heterocycles. The summed E-state index contributed by atoms with van der Waals surface area (Å²) in [6, 6.07) is -0.548. The molecule has 2 unspecified atom stereocenters. The normalized spacial score (nSPS) is 12.7. The molecule has 6 heteroatoms. The van der Waals surface area contributed by atoms with Crippen LogP contribution in [0.1, 0.15) is 328 Å². The van der Waals surface area contributed by atoms with Gasteiger partial charge in [0.2, 0.25) is 5.91 Å². The molecule has 0 heterocycles. The van der Waals surface area contributed by atoms with E-state index >= 15 is 0 Å². The van der Waals surface area contributed by atoms with Gasteiger partial charge in [-0.25, -0.2) is 0 Å². The number of rotatable bonds is 56.